The van der Waals surface area contributed by atoms with E-state index in [-0.39, 0.29) is 12.4 Å². The average Bonchev–Trinajstić information content (AvgIpc) is 3.11. The highest BCUT2D eigenvalue weighted by atomic mass is 35.5. The van der Waals surface area contributed by atoms with Crippen molar-refractivity contribution < 1.29 is 4.79 Å². The molecular formula is C18H31ClN2O. The average molecular weight is 327 g/mol. The van der Waals surface area contributed by atoms with E-state index in [0.29, 0.717) is 11.3 Å². The number of likely N-dealkylation sites (tertiary alicyclic amines) is 1. The number of rotatable bonds is 2. The molecule has 2 aliphatic carbocycles. The number of piperidine rings is 2. The first-order valence-corrected chi connectivity index (χ1v) is 9.23. The third-order valence-electron chi connectivity index (χ3n) is 7.16. The summed E-state index contributed by atoms with van der Waals surface area (Å²) in [6.07, 6.45) is 11.6. The summed E-state index contributed by atoms with van der Waals surface area (Å²) >= 11 is 0. The van der Waals surface area contributed by atoms with E-state index in [4.69, 9.17) is 0 Å². The first-order chi connectivity index (χ1) is 10.2. The smallest absolute Gasteiger partial charge is 0.222 e. The lowest BCUT2D eigenvalue weighted by molar-refractivity contribution is -0.135. The molecule has 4 rings (SSSR count). The molecule has 0 aromatic carbocycles. The monoisotopic (exact) mass is 326 g/mol. The van der Waals surface area contributed by atoms with Crippen LogP contribution in [0.1, 0.15) is 57.8 Å². The van der Waals surface area contributed by atoms with Crippen LogP contribution >= 0.6 is 12.4 Å². The molecule has 1 spiro atoms. The molecule has 0 aromatic heterocycles. The normalized spacial score (nSPS) is 36.4. The zero-order valence-corrected chi connectivity index (χ0v) is 14.5. The van der Waals surface area contributed by atoms with Crippen molar-refractivity contribution in [2.24, 2.45) is 23.2 Å². The highest BCUT2D eigenvalue weighted by molar-refractivity contribution is 5.85. The fraction of sp³-hybridized carbons (Fsp3) is 0.944. The van der Waals surface area contributed by atoms with Gasteiger partial charge in [0.1, 0.15) is 0 Å². The fourth-order valence-corrected chi connectivity index (χ4v) is 5.67. The minimum absolute atomic E-state index is 0. The van der Waals surface area contributed by atoms with Crippen LogP contribution in [0.2, 0.25) is 0 Å². The standard InChI is InChI=1S/C18H30N2O.ClH/c21-17(13-16-12-14-1-2-15(16)11-14)20-9-5-18(6-10-20)3-7-19-8-4-18;/h14-16,19H,1-13H2;1H. The predicted molar refractivity (Wildman–Crippen MR) is 91.2 cm³/mol. The van der Waals surface area contributed by atoms with Crippen LogP contribution in [-0.4, -0.2) is 37.0 Å². The fourth-order valence-electron chi connectivity index (χ4n) is 5.67. The maximum Gasteiger partial charge on any atom is 0.222 e. The highest BCUT2D eigenvalue weighted by Gasteiger charge is 2.42. The Morgan fingerprint density at radius 2 is 1.77 bits per heavy atom. The second-order valence-electron chi connectivity index (χ2n) is 8.27. The maximum atomic E-state index is 12.6. The van der Waals surface area contributed by atoms with Crippen molar-refractivity contribution in [3.8, 4) is 0 Å². The number of amides is 1. The summed E-state index contributed by atoms with van der Waals surface area (Å²) in [5, 5.41) is 3.47. The van der Waals surface area contributed by atoms with Crippen molar-refractivity contribution in [2.45, 2.75) is 57.8 Å². The minimum atomic E-state index is 0. The first-order valence-electron chi connectivity index (χ1n) is 9.23. The van der Waals surface area contributed by atoms with Crippen LogP contribution in [0.4, 0.5) is 0 Å². The van der Waals surface area contributed by atoms with E-state index in [9.17, 15) is 4.79 Å². The van der Waals surface area contributed by atoms with Crippen LogP contribution in [0, 0.1) is 23.2 Å². The van der Waals surface area contributed by atoms with E-state index in [1.54, 1.807) is 0 Å². The molecule has 4 fully saturated rings. The van der Waals surface area contributed by atoms with Crippen LogP contribution < -0.4 is 5.32 Å². The van der Waals surface area contributed by atoms with Crippen molar-refractivity contribution in [1.29, 1.82) is 0 Å². The number of nitrogens with one attached hydrogen (secondary N) is 1. The number of fused-ring (bicyclic) bond motifs is 2. The molecule has 1 N–H and O–H groups in total. The molecule has 1 amide bonds. The molecule has 2 saturated carbocycles. The summed E-state index contributed by atoms with van der Waals surface area (Å²) in [6, 6.07) is 0. The Morgan fingerprint density at radius 1 is 1.05 bits per heavy atom. The second kappa shape index (κ2) is 6.68. The Kier molecular flexibility index (Phi) is 5.04. The Morgan fingerprint density at radius 3 is 2.36 bits per heavy atom. The van der Waals surface area contributed by atoms with E-state index in [0.717, 1.165) is 37.3 Å². The van der Waals surface area contributed by atoms with Gasteiger partial charge in [-0.1, -0.05) is 6.42 Å². The Bertz CT molecular complexity index is 398. The summed E-state index contributed by atoms with van der Waals surface area (Å²) in [4.78, 5) is 14.8. The van der Waals surface area contributed by atoms with E-state index >= 15 is 0 Å². The van der Waals surface area contributed by atoms with E-state index in [1.165, 1.54) is 64.5 Å². The number of hydrogen-bond donors (Lipinski definition) is 1. The van der Waals surface area contributed by atoms with Gasteiger partial charge in [0.2, 0.25) is 5.91 Å². The molecule has 0 aromatic rings. The van der Waals surface area contributed by atoms with Crippen molar-refractivity contribution >= 4 is 18.3 Å². The van der Waals surface area contributed by atoms with Gasteiger partial charge in [-0.25, -0.2) is 0 Å². The molecule has 3 nitrogen and oxygen atoms in total. The highest BCUT2D eigenvalue weighted by Crippen LogP contribution is 2.50. The van der Waals surface area contributed by atoms with Crippen molar-refractivity contribution in [1.82, 2.24) is 10.2 Å². The summed E-state index contributed by atoms with van der Waals surface area (Å²) in [7, 11) is 0. The van der Waals surface area contributed by atoms with Crippen LogP contribution in [0.15, 0.2) is 0 Å². The zero-order valence-electron chi connectivity index (χ0n) is 13.7. The van der Waals surface area contributed by atoms with Gasteiger partial charge in [-0.3, -0.25) is 4.79 Å². The summed E-state index contributed by atoms with van der Waals surface area (Å²) in [5.74, 6) is 3.05. The molecule has 4 heteroatoms. The Balaban J connectivity index is 0.00000144. The van der Waals surface area contributed by atoms with Gasteiger partial charge in [0, 0.05) is 19.5 Å². The second-order valence-corrected chi connectivity index (χ2v) is 8.27. The molecule has 4 aliphatic rings. The summed E-state index contributed by atoms with van der Waals surface area (Å²) in [5.41, 5.74) is 0.564. The molecule has 2 saturated heterocycles. The van der Waals surface area contributed by atoms with E-state index in [1.807, 2.05) is 0 Å². The SMILES string of the molecule is Cl.O=C(CC1CC2CCC1C2)N1CCC2(CCNCC2)CC1. The molecule has 2 aliphatic heterocycles. The molecule has 0 radical (unpaired) electrons. The molecule has 3 unspecified atom stereocenters. The molecule has 3 atom stereocenters. The van der Waals surface area contributed by atoms with Gasteiger partial charge in [-0.2, -0.15) is 0 Å². The van der Waals surface area contributed by atoms with Crippen LogP contribution in [-0.2, 0) is 4.79 Å². The quantitative estimate of drug-likeness (QED) is 0.845. The predicted octanol–water partition coefficient (Wildman–Crippen LogP) is 3.23. The molecule has 2 bridgehead atoms. The lowest BCUT2D eigenvalue weighted by Gasteiger charge is -2.44. The summed E-state index contributed by atoms with van der Waals surface area (Å²) < 4.78 is 0. The van der Waals surface area contributed by atoms with Crippen molar-refractivity contribution in [3.63, 3.8) is 0 Å². The number of carbonyl (C=O) groups excluding carboxylic acids is 1. The van der Waals surface area contributed by atoms with Gasteiger partial charge >= 0.3 is 0 Å². The molecule has 22 heavy (non-hydrogen) atoms. The van der Waals surface area contributed by atoms with Gasteiger partial charge in [0.05, 0.1) is 0 Å². The van der Waals surface area contributed by atoms with Crippen LogP contribution in [0.5, 0.6) is 0 Å². The molecular weight excluding hydrogens is 296 g/mol. The number of halogens is 1. The van der Waals surface area contributed by atoms with Crippen molar-refractivity contribution in [2.75, 3.05) is 26.2 Å². The van der Waals surface area contributed by atoms with Gasteiger partial charge in [0.15, 0.2) is 0 Å². The minimum Gasteiger partial charge on any atom is -0.343 e. The first kappa shape index (κ1) is 16.6. The zero-order chi connectivity index (χ0) is 14.3. The Hall–Kier alpha value is -0.280. The maximum absolute atomic E-state index is 12.6. The largest absolute Gasteiger partial charge is 0.343 e. The lowest BCUT2D eigenvalue weighted by Crippen LogP contribution is -2.47. The topological polar surface area (TPSA) is 32.3 Å². The van der Waals surface area contributed by atoms with Gasteiger partial charge in [0.25, 0.3) is 0 Å². The van der Waals surface area contributed by atoms with Crippen LogP contribution in [0.25, 0.3) is 0 Å². The molecule has 126 valence electrons. The summed E-state index contributed by atoms with van der Waals surface area (Å²) in [6.45, 7) is 4.41. The molecule has 2 heterocycles. The van der Waals surface area contributed by atoms with Gasteiger partial charge in [-0.15, -0.1) is 12.4 Å². The Labute approximate surface area is 141 Å². The third kappa shape index (κ3) is 3.17. The number of hydrogen-bond acceptors (Lipinski definition) is 2. The van der Waals surface area contributed by atoms with Gasteiger partial charge in [-0.05, 0) is 81.2 Å². The van der Waals surface area contributed by atoms with Crippen molar-refractivity contribution in [3.05, 3.63) is 0 Å². The van der Waals surface area contributed by atoms with E-state index in [2.05, 4.69) is 10.2 Å². The lowest BCUT2D eigenvalue weighted by atomic mass is 9.71. The van der Waals surface area contributed by atoms with Crippen LogP contribution in [0.3, 0.4) is 0 Å². The van der Waals surface area contributed by atoms with E-state index < -0.39 is 0 Å². The van der Waals surface area contributed by atoms with Gasteiger partial charge < -0.3 is 10.2 Å². The third-order valence-corrected chi connectivity index (χ3v) is 7.16. The number of carbonyl (C=O) groups is 1. The number of nitrogens with zero attached hydrogens (tertiary/aromatic N) is 1.